The number of aromatic nitrogens is 3. The van der Waals surface area contributed by atoms with Gasteiger partial charge in [-0.05, 0) is 37.3 Å². The molecule has 2 aromatic heterocycles. The topological polar surface area (TPSA) is 75.7 Å². The molecule has 0 aliphatic heterocycles. The van der Waals surface area contributed by atoms with Crippen molar-refractivity contribution >= 4 is 31.1 Å². The maximum absolute atomic E-state index is 11.2. The van der Waals surface area contributed by atoms with Crippen LogP contribution in [0.1, 0.15) is 29.7 Å². The number of aryl methyl sites for hydroxylation is 2. The van der Waals surface area contributed by atoms with Crippen molar-refractivity contribution in [1.82, 2.24) is 15.2 Å². The first-order valence-electron chi connectivity index (χ1n) is 6.03. The summed E-state index contributed by atoms with van der Waals surface area (Å²) in [5.41, 5.74) is 1.34. The minimum atomic E-state index is -3.85. The zero-order chi connectivity index (χ0) is 13.5. The van der Waals surface area contributed by atoms with E-state index in [1.165, 1.54) is 29.7 Å². The number of thiophene rings is 1. The molecule has 0 spiro atoms. The van der Waals surface area contributed by atoms with E-state index in [0.29, 0.717) is 5.82 Å². The lowest BCUT2D eigenvalue weighted by Crippen LogP contribution is -1.92. The number of H-pyrrole nitrogens is 1. The third-order valence-corrected chi connectivity index (χ3v) is 5.48. The average molecular weight is 318 g/mol. The van der Waals surface area contributed by atoms with Gasteiger partial charge in [-0.3, -0.25) is 0 Å². The minimum Gasteiger partial charge on any atom is -0.248 e. The number of fused-ring (bicyclic) bond motifs is 1. The summed E-state index contributed by atoms with van der Waals surface area (Å²) >= 11 is 1.64. The number of rotatable bonds is 2. The highest BCUT2D eigenvalue weighted by Gasteiger charge is 2.19. The first-order valence-corrected chi connectivity index (χ1v) is 9.15. The number of hydrogen-bond donors (Lipinski definition) is 1. The second-order valence-corrected chi connectivity index (χ2v) is 8.14. The third-order valence-electron chi connectivity index (χ3n) is 3.16. The summed E-state index contributed by atoms with van der Waals surface area (Å²) in [7, 11) is 1.37. The Hall–Kier alpha value is -0.920. The van der Waals surface area contributed by atoms with Crippen LogP contribution in [0.25, 0.3) is 10.7 Å². The molecule has 0 saturated carbocycles. The number of nitrogens with one attached hydrogen (secondary N) is 1. The van der Waals surface area contributed by atoms with Crippen LogP contribution < -0.4 is 0 Å². The molecule has 1 aliphatic rings. The van der Waals surface area contributed by atoms with E-state index in [9.17, 15) is 8.42 Å². The van der Waals surface area contributed by atoms with Crippen molar-refractivity contribution in [3.8, 4) is 10.7 Å². The molecule has 0 amide bonds. The van der Waals surface area contributed by atoms with Gasteiger partial charge in [0.1, 0.15) is 0 Å². The molecule has 0 bridgehead atoms. The van der Waals surface area contributed by atoms with E-state index in [0.717, 1.165) is 17.7 Å². The van der Waals surface area contributed by atoms with E-state index in [1.54, 1.807) is 11.3 Å². The maximum Gasteiger partial charge on any atom is 0.296 e. The summed E-state index contributed by atoms with van der Waals surface area (Å²) in [4.78, 5) is 6.21. The highest BCUT2D eigenvalue weighted by molar-refractivity contribution is 8.13. The molecule has 0 aromatic carbocycles. The number of nitrogens with zero attached hydrogens (tertiary/aromatic N) is 2. The fourth-order valence-corrected chi connectivity index (χ4v) is 3.99. The molecule has 0 atom stereocenters. The Morgan fingerprint density at radius 2 is 2.05 bits per heavy atom. The standard InChI is InChI=1S/C11H12ClN3O2S2/c12-19(16,17)11-13-10(14-15-11)9-6-7-4-2-1-3-5-8(7)18-9/h6H,1-5H2,(H,13,14,15). The van der Waals surface area contributed by atoms with Crippen LogP contribution in [0.2, 0.25) is 0 Å². The van der Waals surface area contributed by atoms with Gasteiger partial charge in [-0.15, -0.1) is 11.3 Å². The molecule has 0 saturated heterocycles. The van der Waals surface area contributed by atoms with Gasteiger partial charge in [0.05, 0.1) is 4.88 Å². The maximum atomic E-state index is 11.2. The quantitative estimate of drug-likeness (QED) is 0.682. The average Bonchev–Trinajstić information content (AvgIpc) is 2.91. The molecule has 1 N–H and O–H groups in total. The molecule has 8 heteroatoms. The molecule has 1 aliphatic carbocycles. The van der Waals surface area contributed by atoms with Gasteiger partial charge in [-0.2, -0.15) is 10.1 Å². The molecule has 0 unspecified atom stereocenters. The zero-order valence-electron chi connectivity index (χ0n) is 10.0. The van der Waals surface area contributed by atoms with Crippen molar-refractivity contribution in [3.05, 3.63) is 16.5 Å². The SMILES string of the molecule is O=S(=O)(Cl)c1nc(-c2cc3c(s2)CCCCC3)n[nH]1. The van der Waals surface area contributed by atoms with E-state index in [4.69, 9.17) is 10.7 Å². The molecule has 0 radical (unpaired) electrons. The van der Waals surface area contributed by atoms with Gasteiger partial charge in [0.25, 0.3) is 14.2 Å². The van der Waals surface area contributed by atoms with Crippen LogP contribution in [0.4, 0.5) is 0 Å². The molecule has 19 heavy (non-hydrogen) atoms. The van der Waals surface area contributed by atoms with Gasteiger partial charge in [0.15, 0.2) is 5.82 Å². The molecule has 0 fully saturated rings. The number of hydrogen-bond acceptors (Lipinski definition) is 5. The van der Waals surface area contributed by atoms with Crippen LogP contribution in [-0.4, -0.2) is 23.6 Å². The van der Waals surface area contributed by atoms with E-state index in [-0.39, 0.29) is 5.16 Å². The lowest BCUT2D eigenvalue weighted by atomic mass is 10.1. The van der Waals surface area contributed by atoms with Gasteiger partial charge < -0.3 is 0 Å². The molecular weight excluding hydrogens is 306 g/mol. The van der Waals surface area contributed by atoms with Crippen molar-refractivity contribution in [2.45, 2.75) is 37.3 Å². The Labute approximate surface area is 119 Å². The Kier molecular flexibility index (Phi) is 3.36. The second-order valence-electron chi connectivity index (χ2n) is 4.52. The van der Waals surface area contributed by atoms with Gasteiger partial charge in [0, 0.05) is 15.6 Å². The van der Waals surface area contributed by atoms with Gasteiger partial charge in [0.2, 0.25) is 0 Å². The predicted octanol–water partition coefficient (Wildman–Crippen LogP) is 2.73. The summed E-state index contributed by atoms with van der Waals surface area (Å²) in [5, 5.41) is 5.99. The molecule has 2 heterocycles. The highest BCUT2D eigenvalue weighted by Crippen LogP contribution is 2.33. The summed E-state index contributed by atoms with van der Waals surface area (Å²) < 4.78 is 22.3. The fourth-order valence-electron chi connectivity index (χ4n) is 2.24. The van der Waals surface area contributed by atoms with Crippen molar-refractivity contribution in [1.29, 1.82) is 0 Å². The van der Waals surface area contributed by atoms with Crippen LogP contribution in [0, 0.1) is 0 Å². The number of halogens is 1. The highest BCUT2D eigenvalue weighted by atomic mass is 35.7. The van der Waals surface area contributed by atoms with E-state index in [2.05, 4.69) is 21.2 Å². The zero-order valence-corrected chi connectivity index (χ0v) is 12.4. The molecule has 102 valence electrons. The van der Waals surface area contributed by atoms with Crippen LogP contribution in [0.3, 0.4) is 0 Å². The van der Waals surface area contributed by atoms with Crippen LogP contribution in [0.15, 0.2) is 11.2 Å². The van der Waals surface area contributed by atoms with Gasteiger partial charge in [-0.25, -0.2) is 13.5 Å². The van der Waals surface area contributed by atoms with Crippen molar-refractivity contribution in [3.63, 3.8) is 0 Å². The third kappa shape index (κ3) is 2.68. The van der Waals surface area contributed by atoms with Crippen LogP contribution in [-0.2, 0) is 21.9 Å². The predicted molar refractivity (Wildman–Crippen MR) is 74.0 cm³/mol. The normalized spacial score (nSPS) is 16.1. The summed E-state index contributed by atoms with van der Waals surface area (Å²) in [6, 6.07) is 2.07. The van der Waals surface area contributed by atoms with Crippen molar-refractivity contribution in [2.75, 3.05) is 0 Å². The van der Waals surface area contributed by atoms with Crippen LogP contribution in [0.5, 0.6) is 0 Å². The molecule has 5 nitrogen and oxygen atoms in total. The van der Waals surface area contributed by atoms with E-state index in [1.807, 2.05) is 0 Å². The summed E-state index contributed by atoms with van der Waals surface area (Å²) in [6.07, 6.45) is 5.86. The first-order chi connectivity index (χ1) is 9.04. The minimum absolute atomic E-state index is 0.298. The lowest BCUT2D eigenvalue weighted by Gasteiger charge is -1.92. The van der Waals surface area contributed by atoms with Crippen molar-refractivity contribution < 1.29 is 8.42 Å². The Bertz CT molecular complexity index is 682. The largest absolute Gasteiger partial charge is 0.296 e. The monoisotopic (exact) mass is 317 g/mol. The molecular formula is C11H12ClN3O2S2. The summed E-state index contributed by atoms with van der Waals surface area (Å²) in [5.74, 6) is 0.400. The van der Waals surface area contributed by atoms with Crippen LogP contribution >= 0.6 is 22.0 Å². The number of aromatic amines is 1. The van der Waals surface area contributed by atoms with E-state index >= 15 is 0 Å². The Morgan fingerprint density at radius 1 is 1.26 bits per heavy atom. The van der Waals surface area contributed by atoms with Gasteiger partial charge >= 0.3 is 0 Å². The first kappa shape index (κ1) is 13.1. The Morgan fingerprint density at radius 3 is 2.79 bits per heavy atom. The second kappa shape index (κ2) is 4.88. The summed E-state index contributed by atoms with van der Waals surface area (Å²) in [6.45, 7) is 0. The van der Waals surface area contributed by atoms with Crippen molar-refractivity contribution in [2.24, 2.45) is 0 Å². The van der Waals surface area contributed by atoms with E-state index < -0.39 is 9.05 Å². The molecule has 2 aromatic rings. The fraction of sp³-hybridized carbons (Fsp3) is 0.455. The lowest BCUT2D eigenvalue weighted by molar-refractivity contribution is 0.602. The van der Waals surface area contributed by atoms with Gasteiger partial charge in [-0.1, -0.05) is 6.42 Å². The smallest absolute Gasteiger partial charge is 0.248 e. The molecule has 3 rings (SSSR count). The Balaban J connectivity index is 1.97.